The number of anilines is 1. The van der Waals surface area contributed by atoms with Crippen LogP contribution in [0.2, 0.25) is 0 Å². The average molecular weight is 368 g/mol. The first-order valence-electron chi connectivity index (χ1n) is 9.09. The molecule has 0 aromatic heterocycles. The standard InChI is InChI=1S/C20H24N4O3/c1-16(20(25)21-15-17-6-3-2-4-7-17)22-10-12-23(13-11-22)18-8-5-9-19(14-18)24(26)27/h2-9,14,16H,10-13,15H2,1H3,(H,21,25). The lowest BCUT2D eigenvalue weighted by Crippen LogP contribution is -2.53. The van der Waals surface area contributed by atoms with Crippen LogP contribution in [-0.2, 0) is 11.3 Å². The molecule has 27 heavy (non-hydrogen) atoms. The van der Waals surface area contributed by atoms with Gasteiger partial charge in [0.05, 0.1) is 11.0 Å². The Balaban J connectivity index is 1.51. The lowest BCUT2D eigenvalue weighted by Gasteiger charge is -2.38. The van der Waals surface area contributed by atoms with E-state index in [1.54, 1.807) is 12.1 Å². The molecule has 1 fully saturated rings. The number of nitro groups is 1. The van der Waals surface area contributed by atoms with Crippen molar-refractivity contribution in [3.05, 3.63) is 70.3 Å². The first kappa shape index (κ1) is 18.8. The van der Waals surface area contributed by atoms with Gasteiger partial charge in [-0.2, -0.15) is 0 Å². The first-order chi connectivity index (χ1) is 13.0. The van der Waals surface area contributed by atoms with E-state index in [1.165, 1.54) is 6.07 Å². The summed E-state index contributed by atoms with van der Waals surface area (Å²) in [5.74, 6) is 0.0163. The Morgan fingerprint density at radius 1 is 1.11 bits per heavy atom. The predicted molar refractivity (Wildman–Crippen MR) is 105 cm³/mol. The summed E-state index contributed by atoms with van der Waals surface area (Å²) < 4.78 is 0. The molecule has 142 valence electrons. The molecule has 1 saturated heterocycles. The summed E-state index contributed by atoms with van der Waals surface area (Å²) in [6, 6.07) is 16.3. The van der Waals surface area contributed by atoms with Gasteiger partial charge in [0.15, 0.2) is 0 Å². The molecular weight excluding hydrogens is 344 g/mol. The van der Waals surface area contributed by atoms with Crippen molar-refractivity contribution in [2.75, 3.05) is 31.1 Å². The zero-order valence-electron chi connectivity index (χ0n) is 15.4. The Labute approximate surface area is 158 Å². The molecule has 1 heterocycles. The summed E-state index contributed by atoms with van der Waals surface area (Å²) in [6.45, 7) is 5.39. The van der Waals surface area contributed by atoms with E-state index in [0.717, 1.165) is 37.4 Å². The third-order valence-electron chi connectivity index (χ3n) is 4.96. The van der Waals surface area contributed by atoms with Gasteiger partial charge in [-0.1, -0.05) is 36.4 Å². The lowest BCUT2D eigenvalue weighted by molar-refractivity contribution is -0.384. The minimum absolute atomic E-state index is 0.0163. The van der Waals surface area contributed by atoms with E-state index in [2.05, 4.69) is 15.1 Å². The van der Waals surface area contributed by atoms with Crippen LogP contribution in [0.5, 0.6) is 0 Å². The zero-order valence-corrected chi connectivity index (χ0v) is 15.4. The predicted octanol–water partition coefficient (Wildman–Crippen LogP) is 2.42. The molecule has 0 saturated carbocycles. The fourth-order valence-electron chi connectivity index (χ4n) is 3.27. The van der Waals surface area contributed by atoms with Gasteiger partial charge >= 0.3 is 0 Å². The second-order valence-corrected chi connectivity index (χ2v) is 6.68. The SMILES string of the molecule is CC(C(=O)NCc1ccccc1)N1CCN(c2cccc([N+](=O)[O-])c2)CC1. The highest BCUT2D eigenvalue weighted by atomic mass is 16.6. The topological polar surface area (TPSA) is 78.7 Å². The number of non-ortho nitro benzene ring substituents is 1. The molecule has 1 aliphatic rings. The smallest absolute Gasteiger partial charge is 0.271 e. The Morgan fingerprint density at radius 2 is 1.81 bits per heavy atom. The van der Waals surface area contributed by atoms with Crippen LogP contribution in [0.25, 0.3) is 0 Å². The van der Waals surface area contributed by atoms with Gasteiger partial charge in [0.25, 0.3) is 5.69 Å². The van der Waals surface area contributed by atoms with Gasteiger partial charge in [0.2, 0.25) is 5.91 Å². The van der Waals surface area contributed by atoms with Crippen molar-refractivity contribution >= 4 is 17.3 Å². The van der Waals surface area contributed by atoms with E-state index in [0.29, 0.717) is 6.54 Å². The largest absolute Gasteiger partial charge is 0.369 e. The number of hydrogen-bond acceptors (Lipinski definition) is 5. The van der Waals surface area contributed by atoms with Crippen molar-refractivity contribution in [2.24, 2.45) is 0 Å². The van der Waals surface area contributed by atoms with Crippen molar-refractivity contribution in [3.63, 3.8) is 0 Å². The van der Waals surface area contributed by atoms with Crippen LogP contribution in [0.1, 0.15) is 12.5 Å². The zero-order chi connectivity index (χ0) is 19.2. The molecule has 0 bridgehead atoms. The molecule has 1 amide bonds. The molecule has 1 N–H and O–H groups in total. The summed E-state index contributed by atoms with van der Waals surface area (Å²) in [4.78, 5) is 27.3. The van der Waals surface area contributed by atoms with Crippen molar-refractivity contribution < 1.29 is 9.72 Å². The maximum atomic E-state index is 12.4. The summed E-state index contributed by atoms with van der Waals surface area (Å²) in [5.41, 5.74) is 2.03. The Hall–Kier alpha value is -2.93. The fraction of sp³-hybridized carbons (Fsp3) is 0.350. The molecule has 1 aliphatic heterocycles. The second-order valence-electron chi connectivity index (χ2n) is 6.68. The summed E-state index contributed by atoms with van der Waals surface area (Å²) in [6.07, 6.45) is 0. The number of benzene rings is 2. The van der Waals surface area contributed by atoms with Gasteiger partial charge in [-0.3, -0.25) is 19.8 Å². The van der Waals surface area contributed by atoms with E-state index in [4.69, 9.17) is 0 Å². The number of carbonyl (C=O) groups excluding carboxylic acids is 1. The van der Waals surface area contributed by atoms with E-state index >= 15 is 0 Å². The molecule has 7 heteroatoms. The maximum absolute atomic E-state index is 12.4. The van der Waals surface area contributed by atoms with E-state index in [9.17, 15) is 14.9 Å². The molecule has 2 aromatic rings. The molecule has 1 atom stereocenters. The fourth-order valence-corrected chi connectivity index (χ4v) is 3.27. The molecule has 0 aliphatic carbocycles. The van der Waals surface area contributed by atoms with Gasteiger partial charge < -0.3 is 10.2 Å². The monoisotopic (exact) mass is 368 g/mol. The van der Waals surface area contributed by atoms with Crippen LogP contribution >= 0.6 is 0 Å². The van der Waals surface area contributed by atoms with Crippen LogP contribution in [0.15, 0.2) is 54.6 Å². The average Bonchev–Trinajstić information content (AvgIpc) is 2.72. The first-order valence-corrected chi connectivity index (χ1v) is 9.09. The third-order valence-corrected chi connectivity index (χ3v) is 4.96. The molecule has 3 rings (SSSR count). The summed E-state index contributed by atoms with van der Waals surface area (Å²) >= 11 is 0. The molecule has 2 aromatic carbocycles. The van der Waals surface area contributed by atoms with Crippen molar-refractivity contribution in [3.8, 4) is 0 Å². The third kappa shape index (κ3) is 4.83. The Bertz CT molecular complexity index is 789. The van der Waals surface area contributed by atoms with Crippen LogP contribution in [0.3, 0.4) is 0 Å². The number of amides is 1. The Kier molecular flexibility index (Phi) is 6.03. The molecule has 0 radical (unpaired) electrons. The highest BCUT2D eigenvalue weighted by molar-refractivity contribution is 5.81. The van der Waals surface area contributed by atoms with Crippen LogP contribution in [0.4, 0.5) is 11.4 Å². The second kappa shape index (κ2) is 8.64. The Morgan fingerprint density at radius 3 is 2.48 bits per heavy atom. The number of nitro benzene ring substituents is 1. The van der Waals surface area contributed by atoms with Gasteiger partial charge in [-0.05, 0) is 18.6 Å². The summed E-state index contributed by atoms with van der Waals surface area (Å²) in [5, 5.41) is 13.9. The van der Waals surface area contributed by atoms with Crippen molar-refractivity contribution in [1.82, 2.24) is 10.2 Å². The highest BCUT2D eigenvalue weighted by Gasteiger charge is 2.26. The normalized spacial score (nSPS) is 16.0. The van der Waals surface area contributed by atoms with Gasteiger partial charge in [0, 0.05) is 50.5 Å². The van der Waals surface area contributed by atoms with Crippen molar-refractivity contribution in [2.45, 2.75) is 19.5 Å². The minimum Gasteiger partial charge on any atom is -0.369 e. The molecular formula is C20H24N4O3. The number of rotatable bonds is 6. The van der Waals surface area contributed by atoms with Gasteiger partial charge in [-0.15, -0.1) is 0 Å². The van der Waals surface area contributed by atoms with Crippen LogP contribution in [0, 0.1) is 10.1 Å². The van der Waals surface area contributed by atoms with Crippen LogP contribution < -0.4 is 10.2 Å². The number of hydrogen-bond donors (Lipinski definition) is 1. The van der Waals surface area contributed by atoms with E-state index in [-0.39, 0.29) is 22.6 Å². The maximum Gasteiger partial charge on any atom is 0.271 e. The highest BCUT2D eigenvalue weighted by Crippen LogP contribution is 2.22. The van der Waals surface area contributed by atoms with Gasteiger partial charge in [-0.25, -0.2) is 0 Å². The van der Waals surface area contributed by atoms with E-state index in [1.807, 2.05) is 43.3 Å². The van der Waals surface area contributed by atoms with Crippen molar-refractivity contribution in [1.29, 1.82) is 0 Å². The van der Waals surface area contributed by atoms with Crippen LogP contribution in [-0.4, -0.2) is 48.0 Å². The number of nitrogens with zero attached hydrogens (tertiary/aromatic N) is 3. The summed E-state index contributed by atoms with van der Waals surface area (Å²) in [7, 11) is 0. The minimum atomic E-state index is -0.376. The number of nitrogens with one attached hydrogen (secondary N) is 1. The lowest BCUT2D eigenvalue weighted by atomic mass is 10.1. The number of piperazine rings is 1. The van der Waals surface area contributed by atoms with Gasteiger partial charge in [0.1, 0.15) is 0 Å². The van der Waals surface area contributed by atoms with E-state index < -0.39 is 0 Å². The molecule has 0 spiro atoms. The quantitative estimate of drug-likeness (QED) is 0.626. The number of carbonyl (C=O) groups is 1. The molecule has 1 unspecified atom stereocenters. The molecule has 7 nitrogen and oxygen atoms in total.